The van der Waals surface area contributed by atoms with Gasteiger partial charge in [-0.15, -0.1) is 0 Å². The number of carbonyl (C=O) groups excluding carboxylic acids is 1. The molecule has 1 fully saturated rings. The number of aliphatic hydroxyl groups excluding tert-OH is 1. The Balaban J connectivity index is 1.50. The molecule has 0 bridgehead atoms. The number of nitrogens with one attached hydrogen (secondary N) is 2. The topological polar surface area (TPSA) is 103 Å². The van der Waals surface area contributed by atoms with E-state index in [1.54, 1.807) is 6.92 Å². The normalized spacial score (nSPS) is 15.1. The Morgan fingerprint density at radius 3 is 2.54 bits per heavy atom. The first-order chi connectivity index (χ1) is 18.7. The minimum absolute atomic E-state index is 0.0441. The molecular weight excluding hydrogens is 490 g/mol. The number of carbonyl (C=O) groups is 1. The molecule has 1 aliphatic rings. The van der Waals surface area contributed by atoms with E-state index in [0.29, 0.717) is 12.0 Å². The van der Waals surface area contributed by atoms with Gasteiger partial charge in [0.05, 0.1) is 13.2 Å². The standard InChI is InChI=1S/C31H39N5O3/c1-22(27(21-32)30(38)34-31(2,3)11-16-37)28-9-10-29(35(28)4)25-6-5-24-20-26(8-7-23(24)19-25)33-12-13-36-14-17-39-18-15-36/h5-10,19-20,33,37H,11-18H2,1-4H3,(H,34,38)/b27-22+. The second-order valence-corrected chi connectivity index (χ2v) is 10.7. The van der Waals surface area contributed by atoms with Crippen molar-refractivity contribution in [1.82, 2.24) is 14.8 Å². The van der Waals surface area contributed by atoms with Crippen LogP contribution in [-0.2, 0) is 16.6 Å². The Labute approximate surface area is 230 Å². The summed E-state index contributed by atoms with van der Waals surface area (Å²) >= 11 is 0. The molecule has 8 heteroatoms. The van der Waals surface area contributed by atoms with Gasteiger partial charge in [0.25, 0.3) is 5.91 Å². The third kappa shape index (κ3) is 6.87. The van der Waals surface area contributed by atoms with Crippen molar-refractivity contribution in [3.05, 3.63) is 59.8 Å². The number of aromatic nitrogens is 1. The van der Waals surface area contributed by atoms with Gasteiger partial charge in [-0.1, -0.05) is 18.2 Å². The van der Waals surface area contributed by atoms with Gasteiger partial charge >= 0.3 is 0 Å². The van der Waals surface area contributed by atoms with E-state index in [1.165, 1.54) is 0 Å². The maximum absolute atomic E-state index is 12.9. The van der Waals surface area contributed by atoms with Crippen molar-refractivity contribution in [3.8, 4) is 17.3 Å². The quantitative estimate of drug-likeness (QED) is 0.269. The fraction of sp³-hybridized carbons (Fsp3) is 0.419. The maximum Gasteiger partial charge on any atom is 0.262 e. The van der Waals surface area contributed by atoms with Crippen LogP contribution in [0.1, 0.15) is 32.9 Å². The minimum Gasteiger partial charge on any atom is -0.396 e. The van der Waals surface area contributed by atoms with Crippen LogP contribution in [0.5, 0.6) is 0 Å². The summed E-state index contributed by atoms with van der Waals surface area (Å²) in [5, 5.41) is 27.8. The highest BCUT2D eigenvalue weighted by Gasteiger charge is 2.24. The summed E-state index contributed by atoms with van der Waals surface area (Å²) in [6.07, 6.45) is 0.402. The summed E-state index contributed by atoms with van der Waals surface area (Å²) in [5.41, 5.74) is 4.03. The van der Waals surface area contributed by atoms with Crippen molar-refractivity contribution in [2.45, 2.75) is 32.7 Å². The summed E-state index contributed by atoms with van der Waals surface area (Å²) in [7, 11) is 1.95. The second kappa shape index (κ2) is 12.5. The van der Waals surface area contributed by atoms with Gasteiger partial charge in [0.2, 0.25) is 0 Å². The number of anilines is 1. The number of amides is 1. The van der Waals surface area contributed by atoms with Gasteiger partial charge in [-0.3, -0.25) is 9.69 Å². The van der Waals surface area contributed by atoms with Crippen LogP contribution in [0.25, 0.3) is 27.6 Å². The molecule has 1 amide bonds. The molecule has 1 aromatic heterocycles. The number of ether oxygens (including phenoxy) is 1. The number of aliphatic hydroxyl groups is 1. The molecule has 1 saturated heterocycles. The molecule has 8 nitrogen and oxygen atoms in total. The molecule has 206 valence electrons. The fourth-order valence-electron chi connectivity index (χ4n) is 5.02. The average molecular weight is 530 g/mol. The largest absolute Gasteiger partial charge is 0.396 e. The average Bonchev–Trinajstić information content (AvgIpc) is 3.30. The number of hydrogen-bond acceptors (Lipinski definition) is 6. The van der Waals surface area contributed by atoms with Crippen LogP contribution in [0.4, 0.5) is 5.69 Å². The van der Waals surface area contributed by atoms with Crippen LogP contribution in [0, 0.1) is 11.3 Å². The van der Waals surface area contributed by atoms with Crippen molar-refractivity contribution < 1.29 is 14.6 Å². The number of allylic oxidation sites excluding steroid dienone is 1. The van der Waals surface area contributed by atoms with Gasteiger partial charge in [-0.2, -0.15) is 5.26 Å². The minimum atomic E-state index is -0.614. The number of benzene rings is 2. The smallest absolute Gasteiger partial charge is 0.262 e. The lowest BCUT2D eigenvalue weighted by Crippen LogP contribution is -2.44. The van der Waals surface area contributed by atoms with Crippen LogP contribution in [0.15, 0.2) is 54.1 Å². The van der Waals surface area contributed by atoms with Crippen LogP contribution < -0.4 is 10.6 Å². The number of hydrogen-bond donors (Lipinski definition) is 3. The van der Waals surface area contributed by atoms with Crippen LogP contribution in [0.3, 0.4) is 0 Å². The first-order valence-corrected chi connectivity index (χ1v) is 13.5. The van der Waals surface area contributed by atoms with E-state index in [-0.39, 0.29) is 12.2 Å². The SMILES string of the molecule is C/C(=C(/C#N)C(=O)NC(C)(C)CCO)c1ccc(-c2ccc3cc(NCCN4CCOCC4)ccc3c2)n1C. The van der Waals surface area contributed by atoms with E-state index in [9.17, 15) is 15.2 Å². The molecule has 2 aromatic carbocycles. The molecule has 0 unspecified atom stereocenters. The molecule has 0 saturated carbocycles. The van der Waals surface area contributed by atoms with Crippen molar-refractivity contribution in [2.75, 3.05) is 51.3 Å². The lowest BCUT2D eigenvalue weighted by molar-refractivity contribution is -0.118. The van der Waals surface area contributed by atoms with Crippen LogP contribution in [0.2, 0.25) is 0 Å². The predicted octanol–water partition coefficient (Wildman–Crippen LogP) is 4.16. The lowest BCUT2D eigenvalue weighted by Gasteiger charge is -2.26. The van der Waals surface area contributed by atoms with Crippen molar-refractivity contribution in [2.24, 2.45) is 7.05 Å². The molecule has 2 heterocycles. The Morgan fingerprint density at radius 2 is 1.82 bits per heavy atom. The van der Waals surface area contributed by atoms with Gasteiger partial charge in [-0.25, -0.2) is 0 Å². The fourth-order valence-corrected chi connectivity index (χ4v) is 5.02. The molecule has 39 heavy (non-hydrogen) atoms. The molecule has 0 spiro atoms. The monoisotopic (exact) mass is 529 g/mol. The third-order valence-corrected chi connectivity index (χ3v) is 7.41. The van der Waals surface area contributed by atoms with Crippen molar-refractivity contribution >= 4 is 27.9 Å². The summed E-state index contributed by atoms with van der Waals surface area (Å²) in [5.74, 6) is -0.434. The first-order valence-electron chi connectivity index (χ1n) is 13.5. The van der Waals surface area contributed by atoms with Gasteiger partial charge in [0.15, 0.2) is 0 Å². The second-order valence-electron chi connectivity index (χ2n) is 10.7. The van der Waals surface area contributed by atoms with E-state index >= 15 is 0 Å². The highest BCUT2D eigenvalue weighted by molar-refractivity contribution is 6.04. The number of nitriles is 1. The molecule has 4 rings (SSSR count). The summed E-state index contributed by atoms with van der Waals surface area (Å²) < 4.78 is 7.44. The van der Waals surface area contributed by atoms with Crippen LogP contribution >= 0.6 is 0 Å². The molecule has 0 aliphatic carbocycles. The van der Waals surface area contributed by atoms with Gasteiger partial charge in [-0.05, 0) is 79.4 Å². The van der Waals surface area contributed by atoms with Gasteiger partial charge < -0.3 is 25.0 Å². The molecule has 3 aromatic rings. The first kappa shape index (κ1) is 28.4. The number of rotatable bonds is 10. The zero-order valence-corrected chi connectivity index (χ0v) is 23.4. The van der Waals surface area contributed by atoms with E-state index < -0.39 is 11.4 Å². The molecule has 0 atom stereocenters. The Morgan fingerprint density at radius 1 is 1.10 bits per heavy atom. The van der Waals surface area contributed by atoms with Gasteiger partial charge in [0, 0.05) is 62.4 Å². The summed E-state index contributed by atoms with van der Waals surface area (Å²) in [6, 6.07) is 18.9. The van der Waals surface area contributed by atoms with Crippen molar-refractivity contribution in [3.63, 3.8) is 0 Å². The summed E-state index contributed by atoms with van der Waals surface area (Å²) in [6.45, 7) is 10.9. The van der Waals surface area contributed by atoms with E-state index in [2.05, 4.69) is 58.0 Å². The number of fused-ring (bicyclic) bond motifs is 1. The Kier molecular flexibility index (Phi) is 9.08. The van der Waals surface area contributed by atoms with E-state index in [1.807, 2.05) is 37.6 Å². The summed E-state index contributed by atoms with van der Waals surface area (Å²) in [4.78, 5) is 15.3. The zero-order chi connectivity index (χ0) is 28.0. The third-order valence-electron chi connectivity index (χ3n) is 7.41. The molecular formula is C31H39N5O3. The van der Waals surface area contributed by atoms with Crippen molar-refractivity contribution in [1.29, 1.82) is 5.26 Å². The molecule has 0 radical (unpaired) electrons. The van der Waals surface area contributed by atoms with E-state index in [4.69, 9.17) is 4.74 Å². The molecule has 3 N–H and O–H groups in total. The zero-order valence-electron chi connectivity index (χ0n) is 23.4. The van der Waals surface area contributed by atoms with Gasteiger partial charge in [0.1, 0.15) is 11.6 Å². The molecule has 1 aliphatic heterocycles. The Hall–Kier alpha value is -3.64. The van der Waals surface area contributed by atoms with Crippen LogP contribution in [-0.4, -0.2) is 72.0 Å². The maximum atomic E-state index is 12.9. The lowest BCUT2D eigenvalue weighted by atomic mass is 9.99. The predicted molar refractivity (Wildman–Crippen MR) is 156 cm³/mol. The number of morpholine rings is 1. The highest BCUT2D eigenvalue weighted by Crippen LogP contribution is 2.30. The Bertz CT molecular complexity index is 1390. The van der Waals surface area contributed by atoms with E-state index in [0.717, 1.165) is 72.8 Å². The number of nitrogens with zero attached hydrogens (tertiary/aromatic N) is 3. The highest BCUT2D eigenvalue weighted by atomic mass is 16.5.